The highest BCUT2D eigenvalue weighted by molar-refractivity contribution is 8.18. The summed E-state index contributed by atoms with van der Waals surface area (Å²) in [6, 6.07) is 17.6. The number of carbonyl (C=O) groups is 3. The van der Waals surface area contributed by atoms with Gasteiger partial charge in [-0.05, 0) is 84.4 Å². The van der Waals surface area contributed by atoms with Crippen LogP contribution in [-0.2, 0) is 16.2 Å². The Balaban J connectivity index is 1.44. The van der Waals surface area contributed by atoms with E-state index in [2.05, 4.69) is 5.32 Å². The van der Waals surface area contributed by atoms with Crippen LogP contribution in [-0.4, -0.2) is 35.1 Å². The van der Waals surface area contributed by atoms with Crippen LogP contribution in [0.15, 0.2) is 71.6 Å². The predicted molar refractivity (Wildman–Crippen MR) is 141 cm³/mol. The first-order valence-electron chi connectivity index (χ1n) is 11.3. The number of hydrogen-bond donors (Lipinski definition) is 1. The number of amides is 3. The third kappa shape index (κ3) is 6.90. The third-order valence-corrected chi connectivity index (χ3v) is 6.34. The first-order chi connectivity index (χ1) is 17.8. The number of carbonyl (C=O) groups excluding carboxylic acids is 3. The Kier molecular flexibility index (Phi) is 8.47. The van der Waals surface area contributed by atoms with E-state index in [-0.39, 0.29) is 17.3 Å². The van der Waals surface area contributed by atoms with Gasteiger partial charge in [0.1, 0.15) is 19.0 Å². The van der Waals surface area contributed by atoms with Crippen molar-refractivity contribution in [2.75, 3.05) is 18.5 Å². The molecule has 190 valence electrons. The second-order valence-corrected chi connectivity index (χ2v) is 9.31. The van der Waals surface area contributed by atoms with E-state index in [1.807, 2.05) is 6.92 Å². The van der Waals surface area contributed by atoms with E-state index in [4.69, 9.17) is 21.1 Å². The van der Waals surface area contributed by atoms with Crippen molar-refractivity contribution < 1.29 is 28.2 Å². The van der Waals surface area contributed by atoms with E-state index >= 15 is 0 Å². The molecular formula is C27H22ClFN2O5S. The summed E-state index contributed by atoms with van der Waals surface area (Å²) in [5, 5.41) is 2.62. The zero-order valence-electron chi connectivity index (χ0n) is 19.7. The molecule has 0 unspecified atom stereocenters. The molecule has 1 fully saturated rings. The van der Waals surface area contributed by atoms with Gasteiger partial charge in [-0.3, -0.25) is 19.3 Å². The molecule has 3 aromatic rings. The first kappa shape index (κ1) is 26.2. The van der Waals surface area contributed by atoms with Gasteiger partial charge in [-0.2, -0.15) is 0 Å². The van der Waals surface area contributed by atoms with Crippen LogP contribution >= 0.6 is 23.4 Å². The Morgan fingerprint density at radius 3 is 2.46 bits per heavy atom. The number of benzene rings is 3. The number of imide groups is 1. The molecule has 10 heteroatoms. The molecule has 3 aromatic carbocycles. The molecule has 0 atom stereocenters. The van der Waals surface area contributed by atoms with Crippen LogP contribution in [0.1, 0.15) is 18.1 Å². The van der Waals surface area contributed by atoms with E-state index in [0.29, 0.717) is 34.4 Å². The summed E-state index contributed by atoms with van der Waals surface area (Å²) in [7, 11) is 0. The molecule has 1 N–H and O–H groups in total. The van der Waals surface area contributed by atoms with E-state index in [0.717, 1.165) is 22.2 Å². The number of halogens is 2. The molecule has 0 aliphatic carbocycles. The van der Waals surface area contributed by atoms with Gasteiger partial charge in [-0.1, -0.05) is 29.8 Å². The average Bonchev–Trinajstić information content (AvgIpc) is 3.13. The van der Waals surface area contributed by atoms with Gasteiger partial charge in [0.2, 0.25) is 5.91 Å². The molecule has 3 amide bonds. The highest BCUT2D eigenvalue weighted by atomic mass is 35.5. The minimum atomic E-state index is -0.559. The molecule has 1 heterocycles. The average molecular weight is 541 g/mol. The van der Waals surface area contributed by atoms with Crippen LogP contribution in [0.3, 0.4) is 0 Å². The molecule has 37 heavy (non-hydrogen) atoms. The lowest BCUT2D eigenvalue weighted by atomic mass is 10.1. The molecule has 0 bridgehead atoms. The van der Waals surface area contributed by atoms with Crippen LogP contribution in [0.2, 0.25) is 5.02 Å². The molecule has 7 nitrogen and oxygen atoms in total. The normalized spacial score (nSPS) is 14.2. The molecule has 1 aliphatic rings. The largest absolute Gasteiger partial charge is 0.490 e. The summed E-state index contributed by atoms with van der Waals surface area (Å²) >= 11 is 6.60. The van der Waals surface area contributed by atoms with Crippen molar-refractivity contribution in [3.05, 3.63) is 93.6 Å². The maximum atomic E-state index is 13.1. The van der Waals surface area contributed by atoms with Gasteiger partial charge in [-0.25, -0.2) is 4.39 Å². The molecular weight excluding hydrogens is 519 g/mol. The van der Waals surface area contributed by atoms with Crippen LogP contribution in [0.5, 0.6) is 11.5 Å². The number of thioether (sulfide) groups is 1. The summed E-state index contributed by atoms with van der Waals surface area (Å²) in [5.41, 5.74) is 1.91. The zero-order chi connectivity index (χ0) is 26.4. The second-order valence-electron chi connectivity index (χ2n) is 7.88. The smallest absolute Gasteiger partial charge is 0.294 e. The van der Waals surface area contributed by atoms with Crippen LogP contribution in [0, 0.1) is 5.82 Å². The standard InChI is InChI=1S/C27H22ClFN2O5S/c1-2-35-23-13-18(5-12-22(23)36-16-17-3-8-20(29)9-4-17)14-24-26(33)31(27(34)37-24)15-25(32)30-21-10-6-19(28)7-11-21/h3-14H,2,15-16H2,1H3,(H,30,32)/b24-14-. The predicted octanol–water partition coefficient (Wildman–Crippen LogP) is 6.13. The van der Waals surface area contributed by atoms with Crippen molar-refractivity contribution in [1.82, 2.24) is 4.90 Å². The second kappa shape index (κ2) is 11.9. The van der Waals surface area contributed by atoms with Crippen molar-refractivity contribution in [3.63, 3.8) is 0 Å². The fourth-order valence-corrected chi connectivity index (χ4v) is 4.37. The minimum Gasteiger partial charge on any atom is -0.490 e. The number of anilines is 1. The highest BCUT2D eigenvalue weighted by Gasteiger charge is 2.36. The van der Waals surface area contributed by atoms with Gasteiger partial charge >= 0.3 is 0 Å². The maximum Gasteiger partial charge on any atom is 0.294 e. The fourth-order valence-electron chi connectivity index (χ4n) is 3.41. The van der Waals surface area contributed by atoms with Gasteiger partial charge in [0, 0.05) is 10.7 Å². The van der Waals surface area contributed by atoms with Crippen LogP contribution in [0.25, 0.3) is 6.08 Å². The summed E-state index contributed by atoms with van der Waals surface area (Å²) in [6.45, 7) is 2.02. The molecule has 0 aromatic heterocycles. The molecule has 0 radical (unpaired) electrons. The maximum absolute atomic E-state index is 13.1. The molecule has 0 spiro atoms. The quantitative estimate of drug-likeness (QED) is 0.329. The SMILES string of the molecule is CCOc1cc(/C=C2\SC(=O)N(CC(=O)Nc3ccc(Cl)cc3)C2=O)ccc1OCc1ccc(F)cc1. The van der Waals surface area contributed by atoms with E-state index in [9.17, 15) is 18.8 Å². The Morgan fingerprint density at radius 1 is 1.03 bits per heavy atom. The monoisotopic (exact) mass is 540 g/mol. The van der Waals surface area contributed by atoms with Crippen molar-refractivity contribution >= 4 is 52.2 Å². The zero-order valence-corrected chi connectivity index (χ0v) is 21.3. The number of rotatable bonds is 9. The van der Waals surface area contributed by atoms with Crippen molar-refractivity contribution in [2.45, 2.75) is 13.5 Å². The lowest BCUT2D eigenvalue weighted by molar-refractivity contribution is -0.127. The Morgan fingerprint density at radius 2 is 1.76 bits per heavy atom. The molecule has 4 rings (SSSR count). The van der Waals surface area contributed by atoms with Crippen molar-refractivity contribution in [3.8, 4) is 11.5 Å². The first-order valence-corrected chi connectivity index (χ1v) is 12.5. The van der Waals surface area contributed by atoms with Gasteiger partial charge in [0.15, 0.2) is 11.5 Å². The number of ether oxygens (including phenoxy) is 2. The summed E-state index contributed by atoms with van der Waals surface area (Å²) < 4.78 is 24.7. The Bertz CT molecular complexity index is 1350. The van der Waals surface area contributed by atoms with Gasteiger partial charge in [0.05, 0.1) is 11.5 Å². The number of hydrogen-bond acceptors (Lipinski definition) is 6. The van der Waals surface area contributed by atoms with Crippen molar-refractivity contribution in [2.24, 2.45) is 0 Å². The van der Waals surface area contributed by atoms with Gasteiger partial charge < -0.3 is 14.8 Å². The van der Waals surface area contributed by atoms with Crippen molar-refractivity contribution in [1.29, 1.82) is 0 Å². The van der Waals surface area contributed by atoms with Crippen LogP contribution < -0.4 is 14.8 Å². The fraction of sp³-hybridized carbons (Fsp3) is 0.148. The summed E-state index contributed by atoms with van der Waals surface area (Å²) in [6.07, 6.45) is 1.56. The number of nitrogens with one attached hydrogen (secondary N) is 1. The Hall–Kier alpha value is -3.82. The van der Waals surface area contributed by atoms with Gasteiger partial charge in [-0.15, -0.1) is 0 Å². The third-order valence-electron chi connectivity index (χ3n) is 5.18. The van der Waals surface area contributed by atoms with E-state index < -0.39 is 23.6 Å². The highest BCUT2D eigenvalue weighted by Crippen LogP contribution is 2.35. The molecule has 1 aliphatic heterocycles. The lowest BCUT2D eigenvalue weighted by Gasteiger charge is -2.13. The van der Waals surface area contributed by atoms with E-state index in [1.165, 1.54) is 12.1 Å². The topological polar surface area (TPSA) is 84.9 Å². The summed E-state index contributed by atoms with van der Waals surface area (Å²) in [5.74, 6) is -0.451. The van der Waals surface area contributed by atoms with Crippen LogP contribution in [0.4, 0.5) is 14.9 Å². The summed E-state index contributed by atoms with van der Waals surface area (Å²) in [4.78, 5) is 38.8. The molecule has 1 saturated heterocycles. The molecule has 0 saturated carbocycles. The number of nitrogens with zero attached hydrogens (tertiary/aromatic N) is 1. The van der Waals surface area contributed by atoms with Gasteiger partial charge in [0.25, 0.3) is 11.1 Å². The van der Waals surface area contributed by atoms with E-state index in [1.54, 1.807) is 60.7 Å². The Labute approximate surface area is 222 Å². The minimum absolute atomic E-state index is 0.187. The lowest BCUT2D eigenvalue weighted by Crippen LogP contribution is -2.36.